The second kappa shape index (κ2) is 5.61. The van der Waals surface area contributed by atoms with E-state index in [1.165, 1.54) is 0 Å². The van der Waals surface area contributed by atoms with E-state index in [9.17, 15) is 4.79 Å². The Balaban J connectivity index is 2.18. The van der Waals surface area contributed by atoms with Crippen LogP contribution in [0.4, 0.5) is 0 Å². The van der Waals surface area contributed by atoms with E-state index < -0.39 is 0 Å². The first kappa shape index (κ1) is 13.9. The molecule has 102 valence electrons. The third-order valence-electron chi connectivity index (χ3n) is 3.14. The summed E-state index contributed by atoms with van der Waals surface area (Å²) >= 11 is 6.22. The first-order valence-corrected chi connectivity index (χ1v) is 6.77. The van der Waals surface area contributed by atoms with Crippen molar-refractivity contribution in [3.05, 3.63) is 40.4 Å². The minimum atomic E-state index is 0.188. The number of hydrogen-bond acceptors (Lipinski definition) is 2. The van der Waals surface area contributed by atoms with Gasteiger partial charge in [-0.25, -0.2) is 0 Å². The third-order valence-corrected chi connectivity index (χ3v) is 3.64. The molecular formula is C14H18ClN3O. The second-order valence-corrected chi connectivity index (χ2v) is 5.09. The second-order valence-electron chi connectivity index (χ2n) is 4.72. The fourth-order valence-corrected chi connectivity index (χ4v) is 2.32. The van der Waals surface area contributed by atoms with Crippen LogP contribution >= 0.6 is 11.6 Å². The van der Waals surface area contributed by atoms with Crippen molar-refractivity contribution in [1.29, 1.82) is 0 Å². The van der Waals surface area contributed by atoms with Gasteiger partial charge in [-0.05, 0) is 19.4 Å². The summed E-state index contributed by atoms with van der Waals surface area (Å²) in [6.45, 7) is 4.51. The maximum Gasteiger partial charge on any atom is 0.164 e. The summed E-state index contributed by atoms with van der Waals surface area (Å²) in [6.07, 6.45) is 5.24. The Bertz CT molecular complexity index is 598. The topological polar surface area (TPSA) is 39.8 Å². The van der Waals surface area contributed by atoms with E-state index in [2.05, 4.69) is 5.10 Å². The number of hydrogen-bond donors (Lipinski definition) is 0. The Morgan fingerprint density at radius 2 is 2.21 bits per heavy atom. The monoisotopic (exact) mass is 279 g/mol. The number of aryl methyl sites for hydroxylation is 2. The highest BCUT2D eigenvalue weighted by molar-refractivity contribution is 6.31. The van der Waals surface area contributed by atoms with Crippen molar-refractivity contribution in [3.8, 4) is 0 Å². The van der Waals surface area contributed by atoms with Crippen LogP contribution in [0.2, 0.25) is 5.02 Å². The highest BCUT2D eigenvalue weighted by atomic mass is 35.5. The van der Waals surface area contributed by atoms with Crippen LogP contribution < -0.4 is 0 Å². The smallest absolute Gasteiger partial charge is 0.164 e. The molecule has 0 atom stereocenters. The summed E-state index contributed by atoms with van der Waals surface area (Å²) in [5, 5.41) is 4.97. The van der Waals surface area contributed by atoms with Crippen molar-refractivity contribution in [3.63, 3.8) is 0 Å². The normalized spacial score (nSPS) is 10.9. The number of nitrogens with zero attached hydrogens (tertiary/aromatic N) is 3. The van der Waals surface area contributed by atoms with Crippen molar-refractivity contribution in [1.82, 2.24) is 14.3 Å². The summed E-state index contributed by atoms with van der Waals surface area (Å²) in [5.41, 5.74) is 2.54. The Kier molecular flexibility index (Phi) is 4.10. The Hall–Kier alpha value is -1.55. The molecule has 0 saturated heterocycles. The van der Waals surface area contributed by atoms with Crippen LogP contribution in [-0.2, 0) is 13.6 Å². The summed E-state index contributed by atoms with van der Waals surface area (Å²) in [5.74, 6) is 0.188. The number of halogens is 1. The van der Waals surface area contributed by atoms with Gasteiger partial charge in [0, 0.05) is 31.4 Å². The number of carbonyl (C=O) groups is 1. The van der Waals surface area contributed by atoms with E-state index in [1.807, 2.05) is 43.9 Å². The van der Waals surface area contributed by atoms with Gasteiger partial charge in [0.2, 0.25) is 0 Å². The average molecular weight is 280 g/mol. The van der Waals surface area contributed by atoms with E-state index >= 15 is 0 Å². The average Bonchev–Trinajstić information content (AvgIpc) is 2.91. The van der Waals surface area contributed by atoms with Crippen molar-refractivity contribution in [2.45, 2.75) is 33.2 Å². The van der Waals surface area contributed by atoms with Gasteiger partial charge in [0.05, 0.1) is 23.0 Å². The Labute approximate surface area is 118 Å². The molecule has 0 N–H and O–H groups in total. The Morgan fingerprint density at radius 1 is 1.47 bits per heavy atom. The molecule has 0 fully saturated rings. The van der Waals surface area contributed by atoms with Gasteiger partial charge >= 0.3 is 0 Å². The minimum Gasteiger partial charge on any atom is -0.348 e. The molecule has 0 spiro atoms. The van der Waals surface area contributed by atoms with Crippen molar-refractivity contribution in [2.24, 2.45) is 7.05 Å². The van der Waals surface area contributed by atoms with Crippen molar-refractivity contribution >= 4 is 17.4 Å². The van der Waals surface area contributed by atoms with Crippen LogP contribution in [-0.4, -0.2) is 20.1 Å². The molecule has 2 aromatic rings. The molecule has 0 amide bonds. The van der Waals surface area contributed by atoms with E-state index in [-0.39, 0.29) is 5.78 Å². The van der Waals surface area contributed by atoms with E-state index in [0.717, 1.165) is 23.4 Å². The number of aromatic nitrogens is 3. The lowest BCUT2D eigenvalue weighted by molar-refractivity contribution is 0.0981. The molecule has 2 aromatic heterocycles. The fourth-order valence-electron chi connectivity index (χ4n) is 2.10. The zero-order valence-corrected chi connectivity index (χ0v) is 12.2. The van der Waals surface area contributed by atoms with Crippen LogP contribution in [0, 0.1) is 6.92 Å². The van der Waals surface area contributed by atoms with E-state index in [4.69, 9.17) is 11.6 Å². The van der Waals surface area contributed by atoms with Gasteiger partial charge in [0.1, 0.15) is 0 Å². The van der Waals surface area contributed by atoms with Crippen molar-refractivity contribution in [2.75, 3.05) is 0 Å². The minimum absolute atomic E-state index is 0.188. The van der Waals surface area contributed by atoms with Crippen LogP contribution in [0.3, 0.4) is 0 Å². The maximum absolute atomic E-state index is 11.8. The summed E-state index contributed by atoms with van der Waals surface area (Å²) in [7, 11) is 1.88. The molecule has 5 heteroatoms. The third kappa shape index (κ3) is 2.89. The SMILES string of the molecule is CCCC(=O)c1ccn(Cc2c(Cl)c(C)nn2C)c1. The van der Waals surface area contributed by atoms with Gasteiger partial charge in [-0.3, -0.25) is 9.48 Å². The maximum atomic E-state index is 11.8. The molecule has 0 saturated carbocycles. The molecular weight excluding hydrogens is 262 g/mol. The van der Waals surface area contributed by atoms with E-state index in [0.29, 0.717) is 18.0 Å². The molecule has 4 nitrogen and oxygen atoms in total. The molecule has 0 radical (unpaired) electrons. The lowest BCUT2D eigenvalue weighted by Crippen LogP contribution is -2.04. The van der Waals surface area contributed by atoms with Crippen molar-refractivity contribution < 1.29 is 4.79 Å². The quantitative estimate of drug-likeness (QED) is 0.789. The highest BCUT2D eigenvalue weighted by Crippen LogP contribution is 2.20. The largest absolute Gasteiger partial charge is 0.348 e. The molecule has 0 aliphatic carbocycles. The molecule has 2 heterocycles. The molecule has 0 unspecified atom stereocenters. The van der Waals surface area contributed by atoms with Crippen LogP contribution in [0.1, 0.15) is 41.5 Å². The van der Waals surface area contributed by atoms with Gasteiger partial charge in [0.15, 0.2) is 5.78 Å². The predicted octanol–water partition coefficient (Wildman–Crippen LogP) is 3.21. The van der Waals surface area contributed by atoms with Gasteiger partial charge in [-0.1, -0.05) is 18.5 Å². The molecule has 0 bridgehead atoms. The van der Waals surface area contributed by atoms with Gasteiger partial charge in [-0.2, -0.15) is 5.10 Å². The van der Waals surface area contributed by atoms with Gasteiger partial charge in [0.25, 0.3) is 0 Å². The standard InChI is InChI=1S/C14H18ClN3O/c1-4-5-13(19)11-6-7-18(8-11)9-12-14(15)10(2)16-17(12)3/h6-8H,4-5,9H2,1-3H3. The summed E-state index contributed by atoms with van der Waals surface area (Å²) < 4.78 is 3.75. The van der Waals surface area contributed by atoms with Crippen LogP contribution in [0.25, 0.3) is 0 Å². The fraction of sp³-hybridized carbons (Fsp3) is 0.429. The molecule has 2 rings (SSSR count). The first-order valence-electron chi connectivity index (χ1n) is 6.40. The van der Waals surface area contributed by atoms with Gasteiger partial charge in [-0.15, -0.1) is 0 Å². The number of ketones is 1. The highest BCUT2D eigenvalue weighted by Gasteiger charge is 2.12. The first-order chi connectivity index (χ1) is 9.02. The summed E-state index contributed by atoms with van der Waals surface area (Å²) in [6, 6.07) is 1.86. The lowest BCUT2D eigenvalue weighted by atomic mass is 10.1. The van der Waals surface area contributed by atoms with Crippen LogP contribution in [0.15, 0.2) is 18.5 Å². The Morgan fingerprint density at radius 3 is 2.79 bits per heavy atom. The number of Topliss-reactive ketones (excluding diaryl/α,β-unsaturated/α-hetero) is 1. The number of rotatable bonds is 5. The molecule has 0 aliphatic rings. The van der Waals surface area contributed by atoms with E-state index in [1.54, 1.807) is 4.68 Å². The molecule has 0 aliphatic heterocycles. The predicted molar refractivity (Wildman–Crippen MR) is 75.7 cm³/mol. The van der Waals surface area contributed by atoms with Gasteiger partial charge < -0.3 is 4.57 Å². The van der Waals surface area contributed by atoms with Crippen LogP contribution in [0.5, 0.6) is 0 Å². The number of carbonyl (C=O) groups excluding carboxylic acids is 1. The zero-order valence-electron chi connectivity index (χ0n) is 11.5. The molecule has 0 aromatic carbocycles. The zero-order chi connectivity index (χ0) is 14.0. The lowest BCUT2D eigenvalue weighted by Gasteiger charge is -2.04. The molecule has 19 heavy (non-hydrogen) atoms. The summed E-state index contributed by atoms with van der Waals surface area (Å²) in [4.78, 5) is 11.8.